The molecule has 0 rings (SSSR count). The maximum absolute atomic E-state index is 12.8. The summed E-state index contributed by atoms with van der Waals surface area (Å²) in [5.74, 6) is -0.951. The smallest absolute Gasteiger partial charge is 0.306 e. The molecule has 0 radical (unpaired) electrons. The Morgan fingerprint density at radius 1 is 0.344 bits per heavy atom. The third kappa shape index (κ3) is 49.3. The molecule has 0 fully saturated rings. The monoisotopic (exact) mass is 889 g/mol. The molecule has 364 valence electrons. The Bertz CT molecular complexity index is 1300. The van der Waals surface area contributed by atoms with Gasteiger partial charge in [0.25, 0.3) is 0 Å². The largest absolute Gasteiger partial charge is 0.462 e. The topological polar surface area (TPSA) is 78.9 Å². The van der Waals surface area contributed by atoms with E-state index in [4.69, 9.17) is 14.2 Å². The van der Waals surface area contributed by atoms with E-state index in [1.807, 2.05) is 0 Å². The lowest BCUT2D eigenvalue weighted by Gasteiger charge is -2.18. The van der Waals surface area contributed by atoms with Crippen LogP contribution in [0.2, 0.25) is 0 Å². The van der Waals surface area contributed by atoms with Crippen LogP contribution in [0.4, 0.5) is 0 Å². The third-order valence-corrected chi connectivity index (χ3v) is 10.9. The summed E-state index contributed by atoms with van der Waals surface area (Å²) in [6.07, 6.45) is 68.2. The van der Waals surface area contributed by atoms with E-state index in [9.17, 15) is 14.4 Å². The second-order valence-corrected chi connectivity index (χ2v) is 17.1. The molecule has 0 aromatic carbocycles. The van der Waals surface area contributed by atoms with Crippen LogP contribution < -0.4 is 0 Å². The summed E-state index contributed by atoms with van der Waals surface area (Å²) in [5.41, 5.74) is 0. The van der Waals surface area contributed by atoms with E-state index in [0.29, 0.717) is 19.3 Å². The first-order valence-electron chi connectivity index (χ1n) is 26.3. The lowest BCUT2D eigenvalue weighted by atomic mass is 10.1. The van der Waals surface area contributed by atoms with Gasteiger partial charge < -0.3 is 14.2 Å². The van der Waals surface area contributed by atoms with Crippen molar-refractivity contribution >= 4 is 17.9 Å². The first-order valence-corrected chi connectivity index (χ1v) is 26.3. The van der Waals surface area contributed by atoms with E-state index in [1.165, 1.54) is 57.8 Å². The van der Waals surface area contributed by atoms with Crippen molar-refractivity contribution < 1.29 is 28.6 Å². The molecule has 6 heteroatoms. The number of carbonyl (C=O) groups excluding carboxylic acids is 3. The summed E-state index contributed by atoms with van der Waals surface area (Å²) in [6, 6.07) is 0. The molecule has 0 spiro atoms. The summed E-state index contributed by atoms with van der Waals surface area (Å²) >= 11 is 0. The average molecular weight is 889 g/mol. The van der Waals surface area contributed by atoms with Crippen molar-refractivity contribution in [1.29, 1.82) is 0 Å². The van der Waals surface area contributed by atoms with Crippen LogP contribution in [-0.2, 0) is 28.6 Å². The van der Waals surface area contributed by atoms with E-state index in [2.05, 4.69) is 118 Å². The minimum absolute atomic E-state index is 0.0988. The van der Waals surface area contributed by atoms with Gasteiger partial charge in [-0.15, -0.1) is 0 Å². The molecule has 0 aromatic rings. The van der Waals surface area contributed by atoms with Crippen LogP contribution in [0, 0.1) is 0 Å². The van der Waals surface area contributed by atoms with Crippen molar-refractivity contribution in [2.45, 2.75) is 239 Å². The quantitative estimate of drug-likeness (QED) is 0.0199. The van der Waals surface area contributed by atoms with Crippen LogP contribution in [-0.4, -0.2) is 37.2 Å². The van der Waals surface area contributed by atoms with Gasteiger partial charge in [-0.2, -0.15) is 0 Å². The number of ether oxygens (including phenoxy) is 3. The molecule has 0 aliphatic heterocycles. The van der Waals surface area contributed by atoms with Crippen molar-refractivity contribution in [2.75, 3.05) is 13.2 Å². The standard InChI is InChI=1S/C58H96O6/c1-4-7-10-13-16-19-22-25-27-28-29-30-31-34-36-39-42-45-48-51-57(60)63-54-55(53-62-56(59)50-47-44-41-38-35-32-24-21-18-15-12-9-6-3)64-58(61)52-49-46-43-40-37-33-26-23-20-17-14-11-8-5-2/h7,9-10,12,15-16,18-19,21,24-25,27,29-30,33,37,55H,4-6,8,11,13-14,17,20,22-23,26,28,31-32,34-36,38-54H2,1-3H3/b10-7-,12-9-,18-15-,19-16-,24-21-,27-25-,30-29-,37-33-. The van der Waals surface area contributed by atoms with Crippen molar-refractivity contribution in [3.63, 3.8) is 0 Å². The molecule has 0 saturated carbocycles. The van der Waals surface area contributed by atoms with Gasteiger partial charge in [0.2, 0.25) is 0 Å². The average Bonchev–Trinajstić information content (AvgIpc) is 3.29. The maximum Gasteiger partial charge on any atom is 0.306 e. The van der Waals surface area contributed by atoms with Gasteiger partial charge in [-0.25, -0.2) is 0 Å². The zero-order valence-corrected chi connectivity index (χ0v) is 41.5. The molecule has 0 saturated heterocycles. The summed E-state index contributed by atoms with van der Waals surface area (Å²) < 4.78 is 16.8. The van der Waals surface area contributed by atoms with Gasteiger partial charge >= 0.3 is 17.9 Å². The van der Waals surface area contributed by atoms with E-state index < -0.39 is 6.10 Å². The molecule has 64 heavy (non-hydrogen) atoms. The van der Waals surface area contributed by atoms with Crippen LogP contribution in [0.5, 0.6) is 0 Å². The number of esters is 3. The fourth-order valence-electron chi connectivity index (χ4n) is 6.96. The van der Waals surface area contributed by atoms with Crippen molar-refractivity contribution in [3.8, 4) is 0 Å². The predicted molar refractivity (Wildman–Crippen MR) is 274 cm³/mol. The van der Waals surface area contributed by atoms with Crippen LogP contribution in [0.15, 0.2) is 97.2 Å². The first-order chi connectivity index (χ1) is 31.5. The number of unbranched alkanes of at least 4 members (excludes halogenated alkanes) is 21. The molecule has 0 heterocycles. The van der Waals surface area contributed by atoms with Crippen molar-refractivity contribution in [1.82, 2.24) is 0 Å². The van der Waals surface area contributed by atoms with Gasteiger partial charge in [0.15, 0.2) is 6.10 Å². The lowest BCUT2D eigenvalue weighted by Crippen LogP contribution is -2.30. The summed E-state index contributed by atoms with van der Waals surface area (Å²) in [7, 11) is 0. The molecule has 0 aliphatic carbocycles. The van der Waals surface area contributed by atoms with Crippen LogP contribution >= 0.6 is 0 Å². The Kier molecular flexibility index (Phi) is 49.0. The first kappa shape index (κ1) is 60.3. The van der Waals surface area contributed by atoms with Gasteiger partial charge in [-0.1, -0.05) is 208 Å². The Balaban J connectivity index is 4.44. The van der Waals surface area contributed by atoms with Crippen LogP contribution in [0.25, 0.3) is 0 Å². The van der Waals surface area contributed by atoms with Gasteiger partial charge in [-0.05, 0) is 103 Å². The van der Waals surface area contributed by atoms with Gasteiger partial charge in [0.1, 0.15) is 13.2 Å². The van der Waals surface area contributed by atoms with Crippen LogP contribution in [0.3, 0.4) is 0 Å². The maximum atomic E-state index is 12.8. The lowest BCUT2D eigenvalue weighted by molar-refractivity contribution is -0.167. The second-order valence-electron chi connectivity index (χ2n) is 17.1. The fourth-order valence-corrected chi connectivity index (χ4v) is 6.96. The highest BCUT2D eigenvalue weighted by Gasteiger charge is 2.19. The van der Waals surface area contributed by atoms with Crippen LogP contribution in [0.1, 0.15) is 233 Å². The SMILES string of the molecule is CC\C=C/C=C\C=C/CCCCCCCC(=O)OCC(COC(=O)CCCCCCCC/C=C\C/C=C\C/C=C\C/C=C\CC)OC(=O)CCCCC/C=C\CCCCCCCCC. The molecule has 6 nitrogen and oxygen atoms in total. The highest BCUT2D eigenvalue weighted by molar-refractivity contribution is 5.71. The Hall–Kier alpha value is -3.67. The van der Waals surface area contributed by atoms with E-state index in [-0.39, 0.29) is 31.1 Å². The summed E-state index contributed by atoms with van der Waals surface area (Å²) in [6.45, 7) is 6.34. The molecule has 1 unspecified atom stereocenters. The number of hydrogen-bond acceptors (Lipinski definition) is 6. The fraction of sp³-hybridized carbons (Fsp3) is 0.672. The van der Waals surface area contributed by atoms with Crippen molar-refractivity contribution in [3.05, 3.63) is 97.2 Å². The molecule has 0 N–H and O–H groups in total. The highest BCUT2D eigenvalue weighted by atomic mass is 16.6. The van der Waals surface area contributed by atoms with Gasteiger partial charge in [0, 0.05) is 19.3 Å². The van der Waals surface area contributed by atoms with E-state index >= 15 is 0 Å². The third-order valence-electron chi connectivity index (χ3n) is 10.9. The van der Waals surface area contributed by atoms with Crippen molar-refractivity contribution in [2.24, 2.45) is 0 Å². The Labute approximate surface area is 394 Å². The van der Waals surface area contributed by atoms with E-state index in [1.54, 1.807) is 0 Å². The summed E-state index contributed by atoms with van der Waals surface area (Å²) in [5, 5.41) is 0. The normalized spacial score (nSPS) is 12.9. The van der Waals surface area contributed by atoms with Gasteiger partial charge in [0.05, 0.1) is 0 Å². The highest BCUT2D eigenvalue weighted by Crippen LogP contribution is 2.13. The molecule has 0 bridgehead atoms. The molecule has 0 aliphatic rings. The zero-order valence-electron chi connectivity index (χ0n) is 41.5. The Morgan fingerprint density at radius 2 is 0.688 bits per heavy atom. The minimum Gasteiger partial charge on any atom is -0.462 e. The number of rotatable bonds is 46. The molecule has 1 atom stereocenters. The summed E-state index contributed by atoms with van der Waals surface area (Å²) in [4.78, 5) is 38.0. The molecular formula is C58H96O6. The molecule has 0 aromatic heterocycles. The molecular weight excluding hydrogens is 793 g/mol. The zero-order chi connectivity index (χ0) is 46.5. The minimum atomic E-state index is -0.800. The number of allylic oxidation sites excluding steroid dienone is 16. The van der Waals surface area contributed by atoms with Gasteiger partial charge in [-0.3, -0.25) is 14.4 Å². The predicted octanol–water partition coefficient (Wildman–Crippen LogP) is 17.4. The second kappa shape index (κ2) is 52.0. The number of hydrogen-bond donors (Lipinski definition) is 0. The Morgan fingerprint density at radius 3 is 1.16 bits per heavy atom. The van der Waals surface area contributed by atoms with E-state index in [0.717, 1.165) is 135 Å². The molecule has 0 amide bonds. The number of carbonyl (C=O) groups is 3.